The van der Waals surface area contributed by atoms with Gasteiger partial charge in [-0.05, 0) is 0 Å². The van der Waals surface area contributed by atoms with Crippen molar-refractivity contribution >= 4 is 34.0 Å². The van der Waals surface area contributed by atoms with Gasteiger partial charge < -0.3 is 5.48 Å². The summed E-state index contributed by atoms with van der Waals surface area (Å²) in [5.41, 5.74) is 0. The largest absolute Gasteiger partial charge is 0.412 e. The van der Waals surface area contributed by atoms with Crippen molar-refractivity contribution in [2.75, 3.05) is 0 Å². The van der Waals surface area contributed by atoms with E-state index in [0.717, 1.165) is 0 Å². The molecule has 0 aliphatic carbocycles. The fourth-order valence-corrected chi connectivity index (χ4v) is 0. The maximum atomic E-state index is 0. The number of hydrogen-bond acceptors (Lipinski definition) is 0. The number of hydrogen-bond donors (Lipinski definition) is 0. The van der Waals surface area contributed by atoms with E-state index in [-0.39, 0.29) is 61.2 Å². The molecule has 0 rings (SSSR count). The van der Waals surface area contributed by atoms with Crippen LogP contribution in [0.15, 0.2) is 0 Å². The molecule has 0 atom stereocenters. The average Bonchev–Trinajstić information content (AvgIpc) is 0. The van der Waals surface area contributed by atoms with Crippen LogP contribution in [0.4, 0.5) is 0 Å². The van der Waals surface area contributed by atoms with Crippen molar-refractivity contribution in [2.24, 2.45) is 0 Å². The minimum Gasteiger partial charge on any atom is -0.412 e. The third-order valence-electron chi connectivity index (χ3n) is 0. The predicted molar refractivity (Wildman–Crippen MR) is 24.3 cm³/mol. The van der Waals surface area contributed by atoms with E-state index in [1.54, 1.807) is 0 Å². The van der Waals surface area contributed by atoms with E-state index in [4.69, 9.17) is 0 Å². The Bertz CT molecular complexity index is 6.00. The second-order valence-electron chi connectivity index (χ2n) is 0. The van der Waals surface area contributed by atoms with Crippen LogP contribution in [0.2, 0.25) is 0 Å². The minimum atomic E-state index is 0. The van der Waals surface area contributed by atoms with E-state index in [2.05, 4.69) is 0 Å². The monoisotopic (exact) mass is 226 g/mol. The van der Waals surface area contributed by atoms with Gasteiger partial charge in [-0.1, -0.05) is 0 Å². The minimum absolute atomic E-state index is 0. The Hall–Kier alpha value is 1.63. The predicted octanol–water partition coefficient (Wildman–Crippen LogP) is 0.329. The maximum absolute atomic E-state index is 0. The summed E-state index contributed by atoms with van der Waals surface area (Å²) in [5, 5.41) is 0. The van der Waals surface area contributed by atoms with Crippen molar-refractivity contribution < 1.29 is 27.2 Å². The van der Waals surface area contributed by atoms with E-state index in [0.29, 0.717) is 0 Å². The third kappa shape index (κ3) is 9.44. The first-order valence-corrected chi connectivity index (χ1v) is 0. The molecule has 0 saturated heterocycles. The SMILES string of the molecule is Br.Br.O.[Ti]. The smallest absolute Gasteiger partial charge is 0 e. The average molecular weight is 228 g/mol. The van der Waals surface area contributed by atoms with Crippen LogP contribution in [0.5, 0.6) is 0 Å². The van der Waals surface area contributed by atoms with Gasteiger partial charge in [-0.15, -0.1) is 34.0 Å². The van der Waals surface area contributed by atoms with Crippen LogP contribution < -0.4 is 0 Å². The summed E-state index contributed by atoms with van der Waals surface area (Å²) in [4.78, 5) is 0. The van der Waals surface area contributed by atoms with Gasteiger partial charge in [0.2, 0.25) is 0 Å². The van der Waals surface area contributed by atoms with Crippen LogP contribution >= 0.6 is 34.0 Å². The normalized spacial score (nSPS) is 0. The second-order valence-corrected chi connectivity index (χ2v) is 0. The molecule has 4 heavy (non-hydrogen) atoms. The zero-order valence-corrected chi connectivity index (χ0v) is 6.80. The summed E-state index contributed by atoms with van der Waals surface area (Å²) >= 11 is 0. The molecule has 0 aromatic carbocycles. The molecule has 0 fully saturated rings. The molecule has 0 aromatic rings. The van der Waals surface area contributed by atoms with Gasteiger partial charge in [0.15, 0.2) is 0 Å². The van der Waals surface area contributed by atoms with Crippen LogP contribution in [0, 0.1) is 0 Å². The van der Waals surface area contributed by atoms with Gasteiger partial charge in [-0.25, -0.2) is 0 Å². The van der Waals surface area contributed by atoms with Crippen molar-refractivity contribution in [3.8, 4) is 0 Å². The molecule has 0 amide bonds. The van der Waals surface area contributed by atoms with Crippen LogP contribution in [-0.4, -0.2) is 5.48 Å². The first-order chi connectivity index (χ1) is 0. The van der Waals surface area contributed by atoms with Gasteiger partial charge >= 0.3 is 0 Å². The second kappa shape index (κ2) is 22.9. The van der Waals surface area contributed by atoms with Gasteiger partial charge in [0, 0.05) is 21.7 Å². The number of halogens is 2. The fourth-order valence-electron chi connectivity index (χ4n) is 0. The van der Waals surface area contributed by atoms with E-state index in [9.17, 15) is 0 Å². The molecule has 2 N–H and O–H groups in total. The van der Waals surface area contributed by atoms with Crippen molar-refractivity contribution in [2.45, 2.75) is 0 Å². The molecule has 0 unspecified atom stereocenters. The summed E-state index contributed by atoms with van der Waals surface area (Å²) < 4.78 is 0. The van der Waals surface area contributed by atoms with Crippen LogP contribution in [0.1, 0.15) is 0 Å². The van der Waals surface area contributed by atoms with E-state index in [1.165, 1.54) is 0 Å². The van der Waals surface area contributed by atoms with Crippen molar-refractivity contribution in [1.29, 1.82) is 0 Å². The molecule has 28 valence electrons. The fraction of sp³-hybridized carbons (Fsp3) is 0. The van der Waals surface area contributed by atoms with E-state index >= 15 is 0 Å². The number of rotatable bonds is 0. The molecule has 0 aliphatic heterocycles. The topological polar surface area (TPSA) is 31.5 Å². The molecule has 0 bridgehead atoms. The molecule has 0 heterocycles. The molecule has 1 nitrogen and oxygen atoms in total. The molecule has 4 heteroatoms. The zero-order chi connectivity index (χ0) is 0. The Morgan fingerprint density at radius 3 is 0.750 bits per heavy atom. The summed E-state index contributed by atoms with van der Waals surface area (Å²) in [6.45, 7) is 0. The van der Waals surface area contributed by atoms with E-state index in [1.807, 2.05) is 0 Å². The summed E-state index contributed by atoms with van der Waals surface area (Å²) in [6.07, 6.45) is 0. The molecular formula is H4Br2OTi. The Labute approximate surface area is 60.9 Å². The molecule has 0 radical (unpaired) electrons. The summed E-state index contributed by atoms with van der Waals surface area (Å²) in [5.74, 6) is 0. The Morgan fingerprint density at radius 2 is 0.750 bits per heavy atom. The van der Waals surface area contributed by atoms with Crippen molar-refractivity contribution in [3.63, 3.8) is 0 Å². The maximum Gasteiger partial charge on any atom is 0 e. The zero-order valence-electron chi connectivity index (χ0n) is 1.82. The first-order valence-electron chi connectivity index (χ1n) is 0. The molecule has 0 aliphatic rings. The summed E-state index contributed by atoms with van der Waals surface area (Å²) in [6, 6.07) is 0. The van der Waals surface area contributed by atoms with Gasteiger partial charge in [0.1, 0.15) is 0 Å². The molecule has 0 aromatic heterocycles. The standard InChI is InChI=1S/2BrH.H2O.Ti/h2*1H;1H2;. The Kier molecular flexibility index (Phi) is 260. The quantitative estimate of drug-likeness (QED) is 0.535. The van der Waals surface area contributed by atoms with Crippen LogP contribution in [0.25, 0.3) is 0 Å². The van der Waals surface area contributed by atoms with Crippen molar-refractivity contribution in [3.05, 3.63) is 0 Å². The third-order valence-corrected chi connectivity index (χ3v) is 0. The molecule has 0 spiro atoms. The molecular weight excluding hydrogens is 224 g/mol. The summed E-state index contributed by atoms with van der Waals surface area (Å²) in [7, 11) is 0. The van der Waals surface area contributed by atoms with Gasteiger partial charge in [0.25, 0.3) is 0 Å². The van der Waals surface area contributed by atoms with Gasteiger partial charge in [-0.2, -0.15) is 0 Å². The van der Waals surface area contributed by atoms with Gasteiger partial charge in [0.05, 0.1) is 0 Å². The van der Waals surface area contributed by atoms with E-state index < -0.39 is 0 Å². The van der Waals surface area contributed by atoms with Crippen LogP contribution in [-0.2, 0) is 21.7 Å². The Morgan fingerprint density at radius 1 is 0.750 bits per heavy atom. The first kappa shape index (κ1) is 45.3. The van der Waals surface area contributed by atoms with Crippen molar-refractivity contribution in [1.82, 2.24) is 0 Å². The van der Waals surface area contributed by atoms with Crippen LogP contribution in [0.3, 0.4) is 0 Å². The van der Waals surface area contributed by atoms with Gasteiger partial charge in [-0.3, -0.25) is 0 Å². The molecule has 0 saturated carbocycles. The Balaban J connectivity index is 0.